The van der Waals surface area contributed by atoms with Gasteiger partial charge in [-0.15, -0.1) is 0 Å². The van der Waals surface area contributed by atoms with Crippen molar-refractivity contribution in [3.63, 3.8) is 0 Å². The van der Waals surface area contributed by atoms with Crippen LogP contribution in [-0.2, 0) is 11.2 Å². The Labute approximate surface area is 273 Å². The molecule has 2 rings (SSSR count). The van der Waals surface area contributed by atoms with E-state index in [1.54, 1.807) is 0 Å². The molecule has 0 radical (unpaired) electrons. The Bertz CT molecular complexity index is 1460. The highest BCUT2D eigenvalue weighted by Gasteiger charge is 2.17. The van der Waals surface area contributed by atoms with Crippen molar-refractivity contribution in [3.05, 3.63) is 124 Å². The zero-order chi connectivity index (χ0) is 33.7. The first-order valence-electron chi connectivity index (χ1n) is 16.1. The molecule has 0 heterocycles. The second kappa shape index (κ2) is 18.0. The van der Waals surface area contributed by atoms with Crippen LogP contribution in [0.1, 0.15) is 109 Å². The Morgan fingerprint density at radius 1 is 1.11 bits per heavy atom. The van der Waals surface area contributed by atoms with Crippen molar-refractivity contribution in [1.82, 2.24) is 15.5 Å². The van der Waals surface area contributed by atoms with Gasteiger partial charge in [-0.25, -0.2) is 4.99 Å². The van der Waals surface area contributed by atoms with Crippen LogP contribution >= 0.6 is 0 Å². The average Bonchev–Trinajstić information content (AvgIpc) is 2.99. The van der Waals surface area contributed by atoms with Crippen molar-refractivity contribution in [2.75, 3.05) is 6.54 Å². The van der Waals surface area contributed by atoms with E-state index in [0.29, 0.717) is 12.4 Å². The molecular weight excluding hydrogens is 552 g/mol. The van der Waals surface area contributed by atoms with Crippen LogP contribution in [0, 0.1) is 6.92 Å². The van der Waals surface area contributed by atoms with E-state index in [1.807, 2.05) is 50.9 Å². The number of rotatable bonds is 15. The van der Waals surface area contributed by atoms with Crippen molar-refractivity contribution in [3.8, 4) is 0 Å². The van der Waals surface area contributed by atoms with Gasteiger partial charge >= 0.3 is 0 Å². The topological polar surface area (TPSA) is 56.7 Å². The number of amides is 1. The van der Waals surface area contributed by atoms with Gasteiger partial charge in [0.05, 0.1) is 12.1 Å². The van der Waals surface area contributed by atoms with Crippen molar-refractivity contribution in [2.45, 2.75) is 100 Å². The first kappa shape index (κ1) is 37.1. The molecule has 0 aliphatic heterocycles. The fraction of sp³-hybridized carbons (Fsp3) is 0.400. The lowest BCUT2D eigenvalue weighted by atomic mass is 9.90. The number of hydrogen-bond donors (Lipinski definition) is 2. The molecule has 0 bridgehead atoms. The maximum atomic E-state index is 13.1. The molecule has 1 aromatic carbocycles. The van der Waals surface area contributed by atoms with Gasteiger partial charge in [0.15, 0.2) is 0 Å². The molecule has 0 aromatic heterocycles. The fourth-order valence-electron chi connectivity index (χ4n) is 5.32. The largest absolute Gasteiger partial charge is 0.378 e. The number of nitrogens with one attached hydrogen (secondary N) is 2. The molecule has 5 nitrogen and oxygen atoms in total. The quantitative estimate of drug-likeness (QED) is 0.154. The first-order valence-corrected chi connectivity index (χ1v) is 16.1. The second-order valence-corrected chi connectivity index (χ2v) is 12.2. The van der Waals surface area contributed by atoms with E-state index in [-0.39, 0.29) is 18.4 Å². The molecule has 1 atom stereocenters. The van der Waals surface area contributed by atoms with Crippen molar-refractivity contribution in [1.29, 1.82) is 0 Å². The van der Waals surface area contributed by atoms with Crippen molar-refractivity contribution < 1.29 is 4.79 Å². The van der Waals surface area contributed by atoms with Gasteiger partial charge in [0.2, 0.25) is 5.91 Å². The summed E-state index contributed by atoms with van der Waals surface area (Å²) >= 11 is 0. The predicted octanol–water partition coefficient (Wildman–Crippen LogP) is 9.94. The summed E-state index contributed by atoms with van der Waals surface area (Å²) in [5.74, 6) is 0.468. The third kappa shape index (κ3) is 11.1. The summed E-state index contributed by atoms with van der Waals surface area (Å²) in [6.07, 6.45) is 16.5. The zero-order valence-corrected chi connectivity index (χ0v) is 29.4. The molecule has 1 unspecified atom stereocenters. The Hall–Kier alpha value is -4.12. The standard InChI is InChI=1S/C40H56N4O/c1-13-17-38-30(8)36(14-2)22-23-39(38)33(11)42-31(9)32(10)43-34(12)44(26-27(4)5)37(15-3)24-40(45)41-25-35-19-16-18-28(6)29(7)20-21-35/h14-16,19,21-23,26,33,42H,2,9,12-13,17-18,20,24-25H2,1,3-8,10-11H3,(H,41,45)/b19-16?,29-28-,35-21+,37-15-,43-32+. The van der Waals surface area contributed by atoms with Gasteiger partial charge in [-0.1, -0.05) is 92.3 Å². The van der Waals surface area contributed by atoms with E-state index in [2.05, 4.69) is 95.3 Å². The van der Waals surface area contributed by atoms with Gasteiger partial charge in [0, 0.05) is 30.2 Å². The van der Waals surface area contributed by atoms with Gasteiger partial charge in [0.1, 0.15) is 5.82 Å². The van der Waals surface area contributed by atoms with Gasteiger partial charge in [0.25, 0.3) is 0 Å². The molecule has 0 saturated carbocycles. The number of benzene rings is 1. The van der Waals surface area contributed by atoms with Crippen molar-refractivity contribution >= 4 is 17.7 Å². The molecule has 45 heavy (non-hydrogen) atoms. The summed E-state index contributed by atoms with van der Waals surface area (Å²) in [6.45, 7) is 31.9. The van der Waals surface area contributed by atoms with E-state index in [1.165, 1.54) is 33.4 Å². The molecule has 1 aliphatic carbocycles. The minimum absolute atomic E-state index is 0.0467. The predicted molar refractivity (Wildman–Crippen MR) is 196 cm³/mol. The van der Waals surface area contributed by atoms with Crippen LogP contribution in [0.2, 0.25) is 0 Å². The van der Waals surface area contributed by atoms with Gasteiger partial charge in [-0.05, 0) is 102 Å². The van der Waals surface area contributed by atoms with Crippen LogP contribution in [0.25, 0.3) is 6.08 Å². The van der Waals surface area contributed by atoms with E-state index in [9.17, 15) is 4.79 Å². The molecule has 5 heteroatoms. The third-order valence-electron chi connectivity index (χ3n) is 8.28. The smallest absolute Gasteiger partial charge is 0.226 e. The maximum Gasteiger partial charge on any atom is 0.226 e. The minimum atomic E-state index is -0.0517. The summed E-state index contributed by atoms with van der Waals surface area (Å²) in [5, 5.41) is 6.66. The first-order chi connectivity index (χ1) is 21.3. The zero-order valence-electron chi connectivity index (χ0n) is 29.4. The Morgan fingerprint density at radius 3 is 2.42 bits per heavy atom. The minimum Gasteiger partial charge on any atom is -0.378 e. The fourth-order valence-corrected chi connectivity index (χ4v) is 5.32. The van der Waals surface area contributed by atoms with Crippen LogP contribution in [0.5, 0.6) is 0 Å². The van der Waals surface area contributed by atoms with Gasteiger partial charge in [-0.2, -0.15) is 0 Å². The van der Waals surface area contributed by atoms with Crippen LogP contribution in [0.4, 0.5) is 0 Å². The SMILES string of the molecule is C=Cc1ccc(C(C)NC(=C)/C(C)=N/C(=C)N(C=C(C)C)/C(=C\C)CC(=O)NC/C2=C/C/C(C)=C(/C)CC=C2)c(CCC)c1C. The van der Waals surface area contributed by atoms with E-state index in [0.717, 1.165) is 53.9 Å². The molecular formula is C40H56N4O. The molecule has 1 aromatic rings. The molecule has 242 valence electrons. The molecule has 0 fully saturated rings. The lowest BCUT2D eigenvalue weighted by Gasteiger charge is -2.25. The molecule has 0 saturated heterocycles. The van der Waals surface area contributed by atoms with Gasteiger partial charge in [-0.3, -0.25) is 4.79 Å². The Morgan fingerprint density at radius 2 is 1.80 bits per heavy atom. The normalized spacial score (nSPS) is 17.3. The lowest BCUT2D eigenvalue weighted by molar-refractivity contribution is -0.120. The molecule has 0 spiro atoms. The number of carbonyl (C=O) groups excluding carboxylic acids is 1. The maximum absolute atomic E-state index is 13.1. The molecule has 1 aliphatic rings. The summed E-state index contributed by atoms with van der Waals surface area (Å²) in [7, 11) is 0. The van der Waals surface area contributed by atoms with E-state index >= 15 is 0 Å². The van der Waals surface area contributed by atoms with Crippen LogP contribution in [-0.4, -0.2) is 23.1 Å². The highest BCUT2D eigenvalue weighted by atomic mass is 16.1. The highest BCUT2D eigenvalue weighted by Crippen LogP contribution is 2.27. The Kier molecular flexibility index (Phi) is 14.8. The van der Waals surface area contributed by atoms with Crippen LogP contribution < -0.4 is 10.6 Å². The third-order valence-corrected chi connectivity index (χ3v) is 8.28. The summed E-state index contributed by atoms with van der Waals surface area (Å²) in [6, 6.07) is 4.37. The number of allylic oxidation sites excluding steroid dienone is 7. The summed E-state index contributed by atoms with van der Waals surface area (Å²) < 4.78 is 0. The van der Waals surface area contributed by atoms with Crippen LogP contribution in [0.15, 0.2) is 107 Å². The van der Waals surface area contributed by atoms with E-state index in [4.69, 9.17) is 4.99 Å². The average molecular weight is 609 g/mol. The van der Waals surface area contributed by atoms with Crippen LogP contribution in [0.3, 0.4) is 0 Å². The summed E-state index contributed by atoms with van der Waals surface area (Å²) in [4.78, 5) is 19.9. The second-order valence-electron chi connectivity index (χ2n) is 12.2. The number of hydrogen-bond acceptors (Lipinski definition) is 4. The van der Waals surface area contributed by atoms with Gasteiger partial charge < -0.3 is 15.5 Å². The Balaban J connectivity index is 2.17. The molecule has 2 N–H and O–H groups in total. The summed E-state index contributed by atoms with van der Waals surface area (Å²) in [5.41, 5.74) is 12.3. The number of nitrogens with zero attached hydrogens (tertiary/aromatic N) is 2. The number of aliphatic imine (C=N–C) groups is 1. The number of carbonyl (C=O) groups is 1. The van der Waals surface area contributed by atoms with Crippen molar-refractivity contribution in [2.24, 2.45) is 4.99 Å². The monoisotopic (exact) mass is 608 g/mol. The molecule has 1 amide bonds. The lowest BCUT2D eigenvalue weighted by Crippen LogP contribution is -2.28. The van der Waals surface area contributed by atoms with E-state index < -0.39 is 0 Å². The highest BCUT2D eigenvalue weighted by molar-refractivity contribution is 5.97.